The lowest BCUT2D eigenvalue weighted by Crippen LogP contribution is -2.27. The maximum absolute atomic E-state index is 12.8. The Labute approximate surface area is 136 Å². The van der Waals surface area contributed by atoms with Crippen LogP contribution < -0.4 is 5.01 Å². The molecule has 0 aromatic heterocycles. The highest BCUT2D eigenvalue weighted by atomic mass is 35.5. The molecular weight excluding hydrogens is 329 g/mol. The zero-order chi connectivity index (χ0) is 16.9. The number of halogens is 4. The maximum Gasteiger partial charge on any atom is 0.416 e. The number of carbonyl (C=O) groups is 1. The second-order valence-corrected chi connectivity index (χ2v) is 4.81. The second-order valence-electron chi connectivity index (χ2n) is 4.54. The number of alkyl halides is 4. The van der Waals surface area contributed by atoms with Gasteiger partial charge in [-0.1, -0.05) is 36.4 Å². The van der Waals surface area contributed by atoms with Crippen LogP contribution in [0.3, 0.4) is 0 Å². The number of hydrazone groups is 1. The quantitative estimate of drug-likeness (QED) is 0.463. The third-order valence-corrected chi connectivity index (χ3v) is 3.12. The van der Waals surface area contributed by atoms with Crippen LogP contribution in [0.1, 0.15) is 11.1 Å². The zero-order valence-corrected chi connectivity index (χ0v) is 12.6. The highest BCUT2D eigenvalue weighted by Gasteiger charge is 2.31. The van der Waals surface area contributed by atoms with Crippen LogP contribution in [0.25, 0.3) is 0 Å². The van der Waals surface area contributed by atoms with Crippen LogP contribution in [0.5, 0.6) is 0 Å². The Kier molecular flexibility index (Phi) is 5.39. The monoisotopic (exact) mass is 340 g/mol. The predicted octanol–water partition coefficient (Wildman–Crippen LogP) is 4.31. The molecule has 0 saturated carbocycles. The minimum atomic E-state index is -4.51. The molecule has 2 aromatic carbocycles. The average molecular weight is 341 g/mol. The van der Waals surface area contributed by atoms with Gasteiger partial charge >= 0.3 is 6.18 Å². The van der Waals surface area contributed by atoms with E-state index >= 15 is 0 Å². The molecule has 0 radical (unpaired) electrons. The molecule has 7 heteroatoms. The van der Waals surface area contributed by atoms with E-state index in [2.05, 4.69) is 5.10 Å². The van der Waals surface area contributed by atoms with E-state index in [1.807, 2.05) is 6.07 Å². The third kappa shape index (κ3) is 4.56. The van der Waals surface area contributed by atoms with Crippen LogP contribution in [0.2, 0.25) is 0 Å². The van der Waals surface area contributed by atoms with Crippen molar-refractivity contribution < 1.29 is 18.0 Å². The summed E-state index contributed by atoms with van der Waals surface area (Å²) in [5.74, 6) is -1.03. The van der Waals surface area contributed by atoms with Crippen molar-refractivity contribution in [1.82, 2.24) is 0 Å². The SMILES string of the molecule is O=C(CCl)N(/N=C\c1ccccc1)c1cccc(C(F)(F)F)c1. The molecular formula is C16H12ClF3N2O. The van der Waals surface area contributed by atoms with E-state index in [1.54, 1.807) is 24.3 Å². The fraction of sp³-hybridized carbons (Fsp3) is 0.125. The Morgan fingerprint density at radius 1 is 1.13 bits per heavy atom. The van der Waals surface area contributed by atoms with E-state index in [0.717, 1.165) is 17.1 Å². The molecule has 3 nitrogen and oxygen atoms in total. The zero-order valence-electron chi connectivity index (χ0n) is 11.8. The van der Waals surface area contributed by atoms with E-state index in [4.69, 9.17) is 11.6 Å². The number of hydrogen-bond donors (Lipinski definition) is 0. The smallest absolute Gasteiger partial charge is 0.271 e. The second kappa shape index (κ2) is 7.28. The first-order chi connectivity index (χ1) is 10.9. The largest absolute Gasteiger partial charge is 0.416 e. The first-order valence-electron chi connectivity index (χ1n) is 6.57. The minimum Gasteiger partial charge on any atom is -0.271 e. The number of benzene rings is 2. The summed E-state index contributed by atoms with van der Waals surface area (Å²) in [4.78, 5) is 11.9. The predicted molar refractivity (Wildman–Crippen MR) is 83.7 cm³/mol. The van der Waals surface area contributed by atoms with Crippen molar-refractivity contribution in [1.29, 1.82) is 0 Å². The van der Waals surface area contributed by atoms with Gasteiger partial charge in [0.1, 0.15) is 5.88 Å². The van der Waals surface area contributed by atoms with Crippen LogP contribution in [0, 0.1) is 0 Å². The van der Waals surface area contributed by atoms with Crippen molar-refractivity contribution in [3.63, 3.8) is 0 Å². The molecule has 0 spiro atoms. The van der Waals surface area contributed by atoms with E-state index in [-0.39, 0.29) is 5.69 Å². The average Bonchev–Trinajstić information content (AvgIpc) is 2.55. The van der Waals surface area contributed by atoms with Gasteiger partial charge in [-0.2, -0.15) is 23.3 Å². The van der Waals surface area contributed by atoms with Crippen molar-refractivity contribution in [3.8, 4) is 0 Å². The van der Waals surface area contributed by atoms with E-state index in [1.165, 1.54) is 18.3 Å². The lowest BCUT2D eigenvalue weighted by Gasteiger charge is -2.17. The third-order valence-electron chi connectivity index (χ3n) is 2.89. The summed E-state index contributed by atoms with van der Waals surface area (Å²) < 4.78 is 38.4. The van der Waals surface area contributed by atoms with Gasteiger partial charge in [0, 0.05) is 0 Å². The van der Waals surface area contributed by atoms with Crippen molar-refractivity contribution in [3.05, 3.63) is 65.7 Å². The highest BCUT2D eigenvalue weighted by molar-refractivity contribution is 6.29. The van der Waals surface area contributed by atoms with E-state index in [0.29, 0.717) is 5.56 Å². The summed E-state index contributed by atoms with van der Waals surface area (Å²) >= 11 is 5.52. The normalized spacial score (nSPS) is 11.7. The fourth-order valence-corrected chi connectivity index (χ4v) is 1.92. The Balaban J connectivity index is 2.36. The van der Waals surface area contributed by atoms with E-state index < -0.39 is 23.5 Å². The molecule has 0 unspecified atom stereocenters. The van der Waals surface area contributed by atoms with Gasteiger partial charge in [0.25, 0.3) is 5.91 Å². The molecule has 0 fully saturated rings. The molecule has 0 N–H and O–H groups in total. The molecule has 0 aliphatic heterocycles. The Hall–Kier alpha value is -2.34. The van der Waals surface area contributed by atoms with Gasteiger partial charge in [0.05, 0.1) is 17.5 Å². The molecule has 0 atom stereocenters. The lowest BCUT2D eigenvalue weighted by molar-refractivity contribution is -0.137. The van der Waals surface area contributed by atoms with Gasteiger partial charge in [0.2, 0.25) is 0 Å². The summed E-state index contributed by atoms with van der Waals surface area (Å²) in [5.41, 5.74) is -0.165. The molecule has 0 aliphatic rings. The van der Waals surface area contributed by atoms with Gasteiger partial charge in [-0.3, -0.25) is 4.79 Å². The molecule has 0 aliphatic carbocycles. The summed E-state index contributed by atoms with van der Waals surface area (Å²) in [6.45, 7) is 0. The Bertz CT molecular complexity index is 702. The van der Waals surface area contributed by atoms with Crippen LogP contribution in [0.15, 0.2) is 59.7 Å². The van der Waals surface area contributed by atoms with Gasteiger partial charge in [-0.15, -0.1) is 11.6 Å². The maximum atomic E-state index is 12.8. The molecule has 2 aromatic rings. The summed E-state index contributed by atoms with van der Waals surface area (Å²) in [7, 11) is 0. The Morgan fingerprint density at radius 2 is 1.83 bits per heavy atom. The molecule has 120 valence electrons. The molecule has 0 heterocycles. The van der Waals surface area contributed by atoms with Crippen LogP contribution in [0.4, 0.5) is 18.9 Å². The number of nitrogens with zero attached hydrogens (tertiary/aromatic N) is 2. The summed E-state index contributed by atoms with van der Waals surface area (Å²) in [6, 6.07) is 13.2. The minimum absolute atomic E-state index is 0.00217. The molecule has 23 heavy (non-hydrogen) atoms. The molecule has 0 saturated heterocycles. The number of amides is 1. The highest BCUT2D eigenvalue weighted by Crippen LogP contribution is 2.31. The molecule has 2 rings (SSSR count). The number of carbonyl (C=O) groups excluding carboxylic acids is 1. The van der Waals surface area contributed by atoms with Gasteiger partial charge in [0.15, 0.2) is 0 Å². The molecule has 1 amide bonds. The van der Waals surface area contributed by atoms with Crippen molar-refractivity contribution >= 4 is 29.4 Å². The van der Waals surface area contributed by atoms with Gasteiger partial charge in [-0.25, -0.2) is 0 Å². The summed E-state index contributed by atoms with van der Waals surface area (Å²) in [5, 5.41) is 4.82. The molecule has 0 bridgehead atoms. The van der Waals surface area contributed by atoms with Gasteiger partial charge < -0.3 is 0 Å². The number of anilines is 1. The van der Waals surface area contributed by atoms with Crippen LogP contribution >= 0.6 is 11.6 Å². The summed E-state index contributed by atoms with van der Waals surface area (Å²) in [6.07, 6.45) is -3.13. The van der Waals surface area contributed by atoms with E-state index in [9.17, 15) is 18.0 Å². The first-order valence-corrected chi connectivity index (χ1v) is 7.10. The fourth-order valence-electron chi connectivity index (χ4n) is 1.81. The lowest BCUT2D eigenvalue weighted by atomic mass is 10.2. The van der Waals surface area contributed by atoms with Crippen molar-refractivity contribution in [2.45, 2.75) is 6.18 Å². The Morgan fingerprint density at radius 3 is 2.43 bits per heavy atom. The van der Waals surface area contributed by atoms with Crippen molar-refractivity contribution in [2.24, 2.45) is 5.10 Å². The van der Waals surface area contributed by atoms with Crippen LogP contribution in [-0.4, -0.2) is 18.0 Å². The topological polar surface area (TPSA) is 32.7 Å². The van der Waals surface area contributed by atoms with Crippen molar-refractivity contribution in [2.75, 3.05) is 10.9 Å². The number of rotatable bonds is 4. The van der Waals surface area contributed by atoms with Gasteiger partial charge in [-0.05, 0) is 23.8 Å². The number of hydrogen-bond acceptors (Lipinski definition) is 2. The first kappa shape index (κ1) is 17.0. The standard InChI is InChI=1S/C16H12ClF3N2O/c17-10-15(23)22(21-11-12-5-2-1-3-6-12)14-8-4-7-13(9-14)16(18,19)20/h1-9,11H,10H2/b21-11-. The van der Waals surface area contributed by atoms with Crippen LogP contribution in [-0.2, 0) is 11.0 Å².